The van der Waals surface area contributed by atoms with E-state index in [9.17, 15) is 0 Å². The lowest BCUT2D eigenvalue weighted by atomic mass is 10.1. The fourth-order valence-corrected chi connectivity index (χ4v) is 2.61. The molecule has 94 valence electrons. The van der Waals surface area contributed by atoms with Crippen LogP contribution in [0.4, 0.5) is 5.82 Å². The van der Waals surface area contributed by atoms with Gasteiger partial charge in [-0.05, 0) is 56.2 Å². The Balaban J connectivity index is 2.17. The fraction of sp³-hybridized carbons (Fsp3) is 0.267. The number of pyridine rings is 1. The van der Waals surface area contributed by atoms with E-state index in [1.807, 2.05) is 12.3 Å². The smallest absolute Gasteiger partial charge is 0.126 e. The van der Waals surface area contributed by atoms with E-state index in [2.05, 4.69) is 55.3 Å². The molecule has 0 saturated heterocycles. The first-order valence-electron chi connectivity index (χ1n) is 6.14. The number of nitrogens with one attached hydrogen (secondary N) is 1. The topological polar surface area (TPSA) is 24.9 Å². The molecule has 1 aromatic heterocycles. The Bertz CT molecular complexity index is 538. The summed E-state index contributed by atoms with van der Waals surface area (Å²) in [4.78, 5) is 6.76. The van der Waals surface area contributed by atoms with Gasteiger partial charge in [-0.3, -0.25) is 0 Å². The molecular formula is C15H18N2S. The van der Waals surface area contributed by atoms with Gasteiger partial charge in [0.1, 0.15) is 5.82 Å². The SMILES string of the molecule is CCNc1cc(Sc2ccc(C)c(C)c2)ccn1. The second-order valence-electron chi connectivity index (χ2n) is 4.26. The molecule has 0 saturated carbocycles. The van der Waals surface area contributed by atoms with Crippen molar-refractivity contribution in [1.29, 1.82) is 0 Å². The van der Waals surface area contributed by atoms with E-state index in [1.165, 1.54) is 20.9 Å². The molecule has 3 heteroatoms. The monoisotopic (exact) mass is 258 g/mol. The van der Waals surface area contributed by atoms with Gasteiger partial charge < -0.3 is 5.32 Å². The molecule has 1 heterocycles. The number of aryl methyl sites for hydroxylation is 2. The maximum Gasteiger partial charge on any atom is 0.126 e. The van der Waals surface area contributed by atoms with E-state index in [1.54, 1.807) is 11.8 Å². The number of anilines is 1. The molecule has 2 nitrogen and oxygen atoms in total. The van der Waals surface area contributed by atoms with Crippen LogP contribution in [0.1, 0.15) is 18.1 Å². The van der Waals surface area contributed by atoms with Gasteiger partial charge >= 0.3 is 0 Å². The Morgan fingerprint density at radius 2 is 1.83 bits per heavy atom. The summed E-state index contributed by atoms with van der Waals surface area (Å²) in [6.45, 7) is 7.26. The number of hydrogen-bond donors (Lipinski definition) is 1. The van der Waals surface area contributed by atoms with Gasteiger partial charge in [0.2, 0.25) is 0 Å². The zero-order valence-electron chi connectivity index (χ0n) is 11.0. The summed E-state index contributed by atoms with van der Waals surface area (Å²) in [5.74, 6) is 0.936. The van der Waals surface area contributed by atoms with Crippen LogP contribution in [0, 0.1) is 13.8 Å². The zero-order chi connectivity index (χ0) is 13.0. The van der Waals surface area contributed by atoms with Crippen LogP contribution in [0.25, 0.3) is 0 Å². The Morgan fingerprint density at radius 1 is 1.06 bits per heavy atom. The van der Waals surface area contributed by atoms with Crippen molar-refractivity contribution in [3.63, 3.8) is 0 Å². The standard InChI is InChI=1S/C15H18N2S/c1-4-16-15-10-14(7-8-17-15)18-13-6-5-11(2)12(3)9-13/h5-10H,4H2,1-3H3,(H,16,17). The molecule has 0 spiro atoms. The summed E-state index contributed by atoms with van der Waals surface area (Å²) in [5.41, 5.74) is 2.67. The van der Waals surface area contributed by atoms with Gasteiger partial charge in [0, 0.05) is 22.5 Å². The quantitative estimate of drug-likeness (QED) is 0.886. The van der Waals surface area contributed by atoms with E-state index in [0.29, 0.717) is 0 Å². The zero-order valence-corrected chi connectivity index (χ0v) is 11.8. The normalized spacial score (nSPS) is 10.4. The number of aromatic nitrogens is 1. The molecule has 2 rings (SSSR count). The highest BCUT2D eigenvalue weighted by Crippen LogP contribution is 2.29. The molecule has 0 aliphatic rings. The predicted molar refractivity (Wildman–Crippen MR) is 78.4 cm³/mol. The van der Waals surface area contributed by atoms with Crippen molar-refractivity contribution in [1.82, 2.24) is 4.98 Å². The molecule has 0 bridgehead atoms. The molecule has 0 atom stereocenters. The number of benzene rings is 1. The molecule has 0 aliphatic heterocycles. The minimum Gasteiger partial charge on any atom is -0.370 e. The highest BCUT2D eigenvalue weighted by molar-refractivity contribution is 7.99. The third-order valence-electron chi connectivity index (χ3n) is 2.80. The fourth-order valence-electron chi connectivity index (χ4n) is 1.67. The lowest BCUT2D eigenvalue weighted by Gasteiger charge is -2.07. The Kier molecular flexibility index (Phi) is 4.26. The Hall–Kier alpha value is -1.48. The maximum absolute atomic E-state index is 4.28. The van der Waals surface area contributed by atoms with E-state index in [0.717, 1.165) is 12.4 Å². The van der Waals surface area contributed by atoms with Gasteiger partial charge in [-0.15, -0.1) is 0 Å². The van der Waals surface area contributed by atoms with Crippen LogP contribution in [0.15, 0.2) is 46.3 Å². The van der Waals surface area contributed by atoms with E-state index >= 15 is 0 Å². The molecule has 0 radical (unpaired) electrons. The van der Waals surface area contributed by atoms with Crippen LogP contribution in [0.3, 0.4) is 0 Å². The van der Waals surface area contributed by atoms with E-state index in [4.69, 9.17) is 0 Å². The molecule has 0 aliphatic carbocycles. The lowest BCUT2D eigenvalue weighted by Crippen LogP contribution is -1.98. The second-order valence-corrected chi connectivity index (χ2v) is 5.40. The Labute approximate surface area is 113 Å². The van der Waals surface area contributed by atoms with Crippen LogP contribution in [-0.4, -0.2) is 11.5 Å². The van der Waals surface area contributed by atoms with Gasteiger partial charge in [-0.1, -0.05) is 17.8 Å². The van der Waals surface area contributed by atoms with Gasteiger partial charge in [-0.25, -0.2) is 4.98 Å². The number of nitrogens with zero attached hydrogens (tertiary/aromatic N) is 1. The van der Waals surface area contributed by atoms with Gasteiger partial charge in [-0.2, -0.15) is 0 Å². The first-order chi connectivity index (χ1) is 8.69. The molecule has 0 amide bonds. The molecule has 0 fully saturated rings. The molecule has 1 aromatic carbocycles. The third-order valence-corrected chi connectivity index (χ3v) is 3.78. The van der Waals surface area contributed by atoms with Crippen molar-refractivity contribution in [3.05, 3.63) is 47.7 Å². The second kappa shape index (κ2) is 5.91. The summed E-state index contributed by atoms with van der Waals surface area (Å²) in [5, 5.41) is 3.23. The first kappa shape index (κ1) is 13.0. The van der Waals surface area contributed by atoms with Crippen LogP contribution in [0.5, 0.6) is 0 Å². The minimum atomic E-state index is 0.894. The third kappa shape index (κ3) is 3.26. The number of rotatable bonds is 4. The van der Waals surface area contributed by atoms with Crippen LogP contribution < -0.4 is 5.32 Å². The molecular weight excluding hydrogens is 240 g/mol. The van der Waals surface area contributed by atoms with Gasteiger partial charge in [0.15, 0.2) is 0 Å². The van der Waals surface area contributed by atoms with Crippen molar-refractivity contribution in [3.8, 4) is 0 Å². The van der Waals surface area contributed by atoms with Crippen LogP contribution in [-0.2, 0) is 0 Å². The summed E-state index contributed by atoms with van der Waals surface area (Å²) >= 11 is 1.77. The van der Waals surface area contributed by atoms with Gasteiger partial charge in [0.25, 0.3) is 0 Å². The summed E-state index contributed by atoms with van der Waals surface area (Å²) in [6.07, 6.45) is 1.85. The van der Waals surface area contributed by atoms with E-state index < -0.39 is 0 Å². The minimum absolute atomic E-state index is 0.894. The number of hydrogen-bond acceptors (Lipinski definition) is 3. The van der Waals surface area contributed by atoms with Crippen LogP contribution >= 0.6 is 11.8 Å². The predicted octanol–water partition coefficient (Wildman–Crippen LogP) is 4.28. The average molecular weight is 258 g/mol. The van der Waals surface area contributed by atoms with Crippen molar-refractivity contribution < 1.29 is 0 Å². The van der Waals surface area contributed by atoms with Gasteiger partial charge in [0.05, 0.1) is 0 Å². The van der Waals surface area contributed by atoms with Crippen molar-refractivity contribution >= 4 is 17.6 Å². The van der Waals surface area contributed by atoms with Crippen molar-refractivity contribution in [2.75, 3.05) is 11.9 Å². The largest absolute Gasteiger partial charge is 0.370 e. The maximum atomic E-state index is 4.28. The average Bonchev–Trinajstić information content (AvgIpc) is 2.35. The molecule has 1 N–H and O–H groups in total. The lowest BCUT2D eigenvalue weighted by molar-refractivity contribution is 1.14. The van der Waals surface area contributed by atoms with Crippen LogP contribution in [0.2, 0.25) is 0 Å². The van der Waals surface area contributed by atoms with E-state index in [-0.39, 0.29) is 0 Å². The van der Waals surface area contributed by atoms with Crippen molar-refractivity contribution in [2.24, 2.45) is 0 Å². The summed E-state index contributed by atoms with van der Waals surface area (Å²) in [6, 6.07) is 10.7. The first-order valence-corrected chi connectivity index (χ1v) is 6.95. The van der Waals surface area contributed by atoms with Crippen molar-refractivity contribution in [2.45, 2.75) is 30.6 Å². The molecule has 2 aromatic rings. The Morgan fingerprint density at radius 3 is 2.56 bits per heavy atom. The summed E-state index contributed by atoms with van der Waals surface area (Å²) < 4.78 is 0. The molecule has 0 unspecified atom stereocenters. The molecule has 18 heavy (non-hydrogen) atoms. The summed E-state index contributed by atoms with van der Waals surface area (Å²) in [7, 11) is 0. The highest BCUT2D eigenvalue weighted by Gasteiger charge is 2.01. The highest BCUT2D eigenvalue weighted by atomic mass is 32.2.